The topological polar surface area (TPSA) is 64.6 Å². The number of hydrogen-bond acceptors (Lipinski definition) is 5. The molecule has 0 radical (unpaired) electrons. The molecule has 22 heavy (non-hydrogen) atoms. The molecule has 0 saturated heterocycles. The summed E-state index contributed by atoms with van der Waals surface area (Å²) in [6.07, 6.45) is -0.614. The van der Waals surface area contributed by atoms with Gasteiger partial charge in [-0.05, 0) is 24.6 Å². The van der Waals surface area contributed by atoms with Gasteiger partial charge in [0.25, 0.3) is 0 Å². The molecule has 0 saturated carbocycles. The number of thiophene rings is 1. The van der Waals surface area contributed by atoms with E-state index in [2.05, 4.69) is 5.32 Å². The largest absolute Gasteiger partial charge is 0.465 e. The molecule has 7 heteroatoms. The van der Waals surface area contributed by atoms with E-state index < -0.39 is 12.1 Å². The molecule has 0 unspecified atom stereocenters. The molecular weight excluding hydrogens is 326 g/mol. The fourth-order valence-electron chi connectivity index (χ4n) is 1.86. The summed E-state index contributed by atoms with van der Waals surface area (Å²) < 4.78 is 9.64. The van der Waals surface area contributed by atoms with E-state index in [1.165, 1.54) is 18.4 Å². The first-order valence-corrected chi connectivity index (χ1v) is 7.72. The van der Waals surface area contributed by atoms with Crippen LogP contribution in [0.3, 0.4) is 0 Å². The minimum Gasteiger partial charge on any atom is -0.465 e. The average molecular weight is 340 g/mol. The summed E-state index contributed by atoms with van der Waals surface area (Å²) in [5.41, 5.74) is 1.76. The first-order valence-electron chi connectivity index (χ1n) is 6.46. The van der Waals surface area contributed by atoms with Crippen LogP contribution in [0.1, 0.15) is 17.3 Å². The molecule has 1 aromatic heterocycles. The van der Waals surface area contributed by atoms with Gasteiger partial charge in [-0.1, -0.05) is 23.7 Å². The number of carbonyl (C=O) groups excluding carboxylic acids is 2. The zero-order valence-electron chi connectivity index (χ0n) is 12.0. The maximum absolute atomic E-state index is 12.1. The second kappa shape index (κ2) is 7.29. The molecule has 0 aliphatic rings. The molecule has 0 spiro atoms. The van der Waals surface area contributed by atoms with Gasteiger partial charge in [0.05, 0.1) is 13.7 Å². The Bertz CT molecular complexity index is 681. The van der Waals surface area contributed by atoms with Gasteiger partial charge < -0.3 is 9.47 Å². The molecule has 1 aromatic carbocycles. The summed E-state index contributed by atoms with van der Waals surface area (Å²) in [6, 6.07) is 7.05. The third-order valence-electron chi connectivity index (χ3n) is 2.83. The zero-order valence-corrected chi connectivity index (χ0v) is 13.6. The van der Waals surface area contributed by atoms with Crippen LogP contribution in [0.15, 0.2) is 29.6 Å². The van der Waals surface area contributed by atoms with Crippen molar-refractivity contribution < 1.29 is 19.1 Å². The van der Waals surface area contributed by atoms with Crippen molar-refractivity contribution in [1.29, 1.82) is 0 Å². The van der Waals surface area contributed by atoms with E-state index in [0.717, 1.165) is 5.56 Å². The maximum atomic E-state index is 12.1. The highest BCUT2D eigenvalue weighted by molar-refractivity contribution is 7.15. The van der Waals surface area contributed by atoms with Crippen LogP contribution in [0.25, 0.3) is 11.1 Å². The Balaban J connectivity index is 2.42. The molecule has 2 rings (SSSR count). The van der Waals surface area contributed by atoms with Crippen LogP contribution in [-0.2, 0) is 9.47 Å². The average Bonchev–Trinajstić information content (AvgIpc) is 2.91. The first-order chi connectivity index (χ1) is 10.6. The lowest BCUT2D eigenvalue weighted by atomic mass is 10.0. The molecule has 0 atom stereocenters. The van der Waals surface area contributed by atoms with E-state index in [1.54, 1.807) is 36.6 Å². The number of ether oxygens (including phenoxy) is 2. The molecule has 0 fully saturated rings. The summed E-state index contributed by atoms with van der Waals surface area (Å²) >= 11 is 7.10. The Morgan fingerprint density at radius 1 is 1.27 bits per heavy atom. The van der Waals surface area contributed by atoms with E-state index in [4.69, 9.17) is 21.1 Å². The van der Waals surface area contributed by atoms with Gasteiger partial charge in [-0.3, -0.25) is 5.32 Å². The van der Waals surface area contributed by atoms with Crippen LogP contribution in [0.2, 0.25) is 5.02 Å². The molecule has 1 N–H and O–H groups in total. The van der Waals surface area contributed by atoms with Crippen LogP contribution in [0, 0.1) is 0 Å². The number of rotatable bonds is 4. The molecule has 2 aromatic rings. The highest BCUT2D eigenvalue weighted by Crippen LogP contribution is 2.36. The minimum atomic E-state index is -0.614. The molecule has 5 nitrogen and oxygen atoms in total. The third-order valence-corrected chi connectivity index (χ3v) is 3.97. The highest BCUT2D eigenvalue weighted by atomic mass is 35.5. The maximum Gasteiger partial charge on any atom is 0.412 e. The summed E-state index contributed by atoms with van der Waals surface area (Å²) in [5, 5.41) is 5.32. The Morgan fingerprint density at radius 2 is 1.95 bits per heavy atom. The molecule has 1 heterocycles. The van der Waals surface area contributed by atoms with E-state index in [9.17, 15) is 9.59 Å². The lowest BCUT2D eigenvalue weighted by molar-refractivity contribution is 0.0603. The van der Waals surface area contributed by atoms with Crippen molar-refractivity contribution in [3.8, 4) is 11.1 Å². The van der Waals surface area contributed by atoms with E-state index in [0.29, 0.717) is 21.2 Å². The number of amides is 1. The van der Waals surface area contributed by atoms with Gasteiger partial charge in [0.15, 0.2) is 0 Å². The molecule has 0 aliphatic heterocycles. The standard InChI is InChI=1S/C15H14ClNO4S/c1-3-21-15(19)17-13-12(14(18)20-2)11(8-22-13)9-4-6-10(16)7-5-9/h4-8H,3H2,1-2H3,(H,17,19). The molecule has 1 amide bonds. The summed E-state index contributed by atoms with van der Waals surface area (Å²) in [6.45, 7) is 1.95. The fraction of sp³-hybridized carbons (Fsp3) is 0.200. The molecule has 0 aliphatic carbocycles. The summed E-state index contributed by atoms with van der Waals surface area (Å²) in [4.78, 5) is 23.6. The molecule has 0 bridgehead atoms. The van der Waals surface area contributed by atoms with Crippen LogP contribution >= 0.6 is 22.9 Å². The van der Waals surface area contributed by atoms with Crippen molar-refractivity contribution in [2.75, 3.05) is 19.0 Å². The SMILES string of the molecule is CCOC(=O)Nc1scc(-c2ccc(Cl)cc2)c1C(=O)OC. The Kier molecular flexibility index (Phi) is 5.41. The van der Waals surface area contributed by atoms with Gasteiger partial charge in [-0.25, -0.2) is 9.59 Å². The molecule has 116 valence electrons. The van der Waals surface area contributed by atoms with Crippen LogP contribution in [-0.4, -0.2) is 25.8 Å². The van der Waals surface area contributed by atoms with Crippen LogP contribution < -0.4 is 5.32 Å². The van der Waals surface area contributed by atoms with E-state index in [1.807, 2.05) is 0 Å². The van der Waals surface area contributed by atoms with Crippen LogP contribution in [0.4, 0.5) is 9.80 Å². The van der Waals surface area contributed by atoms with E-state index >= 15 is 0 Å². The second-order valence-corrected chi connectivity index (χ2v) is 5.51. The Morgan fingerprint density at radius 3 is 2.55 bits per heavy atom. The van der Waals surface area contributed by atoms with Gasteiger partial charge in [0.2, 0.25) is 0 Å². The number of methoxy groups -OCH3 is 1. The third kappa shape index (κ3) is 3.58. The number of benzene rings is 1. The number of nitrogens with one attached hydrogen (secondary N) is 1. The molecular formula is C15H14ClNO4S. The van der Waals surface area contributed by atoms with Crippen molar-refractivity contribution in [1.82, 2.24) is 0 Å². The fourth-order valence-corrected chi connectivity index (χ4v) is 2.93. The van der Waals surface area contributed by atoms with Gasteiger partial charge in [-0.2, -0.15) is 0 Å². The first kappa shape index (κ1) is 16.3. The van der Waals surface area contributed by atoms with Crippen molar-refractivity contribution in [2.45, 2.75) is 6.92 Å². The highest BCUT2D eigenvalue weighted by Gasteiger charge is 2.22. The van der Waals surface area contributed by atoms with Crippen molar-refractivity contribution in [2.24, 2.45) is 0 Å². The lowest BCUT2D eigenvalue weighted by Gasteiger charge is -2.07. The Labute approximate surface area is 136 Å². The van der Waals surface area contributed by atoms with Gasteiger partial charge >= 0.3 is 12.1 Å². The van der Waals surface area contributed by atoms with Crippen molar-refractivity contribution >= 4 is 40.0 Å². The smallest absolute Gasteiger partial charge is 0.412 e. The summed E-state index contributed by atoms with van der Waals surface area (Å²) in [7, 11) is 1.29. The minimum absolute atomic E-state index is 0.245. The van der Waals surface area contributed by atoms with Gasteiger partial charge in [-0.15, -0.1) is 11.3 Å². The lowest BCUT2D eigenvalue weighted by Crippen LogP contribution is -2.15. The van der Waals surface area contributed by atoms with E-state index in [-0.39, 0.29) is 6.61 Å². The number of esters is 1. The number of anilines is 1. The zero-order chi connectivity index (χ0) is 16.1. The van der Waals surface area contributed by atoms with Crippen molar-refractivity contribution in [3.05, 3.63) is 40.2 Å². The Hall–Kier alpha value is -2.05. The number of hydrogen-bond donors (Lipinski definition) is 1. The summed E-state index contributed by atoms with van der Waals surface area (Å²) in [5.74, 6) is -0.530. The predicted octanol–water partition coefficient (Wildman–Crippen LogP) is 4.42. The number of carbonyl (C=O) groups is 2. The van der Waals surface area contributed by atoms with Gasteiger partial charge in [0, 0.05) is 16.0 Å². The van der Waals surface area contributed by atoms with Gasteiger partial charge in [0.1, 0.15) is 10.6 Å². The predicted molar refractivity (Wildman–Crippen MR) is 86.7 cm³/mol. The number of halogens is 1. The quantitative estimate of drug-likeness (QED) is 0.837. The normalized spacial score (nSPS) is 10.1. The second-order valence-electron chi connectivity index (χ2n) is 4.20. The van der Waals surface area contributed by atoms with Crippen LogP contribution in [0.5, 0.6) is 0 Å². The van der Waals surface area contributed by atoms with Crippen molar-refractivity contribution in [3.63, 3.8) is 0 Å². The monoisotopic (exact) mass is 339 g/mol.